The molecule has 142 valence electrons. The second kappa shape index (κ2) is 8.93. The van der Waals surface area contributed by atoms with E-state index in [-0.39, 0.29) is 30.9 Å². The molecule has 7 heteroatoms. The van der Waals surface area contributed by atoms with Gasteiger partial charge < -0.3 is 10.4 Å². The highest BCUT2D eigenvalue weighted by Crippen LogP contribution is 2.15. The molecule has 2 aromatic carbocycles. The molecule has 1 unspecified atom stereocenters. The van der Waals surface area contributed by atoms with Gasteiger partial charge in [0.1, 0.15) is 0 Å². The smallest absolute Gasteiger partial charge is 0.305 e. The van der Waals surface area contributed by atoms with Crippen molar-refractivity contribution in [3.8, 4) is 0 Å². The summed E-state index contributed by atoms with van der Waals surface area (Å²) in [4.78, 5) is 33.7. The normalized spacial score (nSPS) is 11.6. The highest BCUT2D eigenvalue weighted by Gasteiger charge is 2.18. The summed E-state index contributed by atoms with van der Waals surface area (Å²) < 4.78 is 0. The van der Waals surface area contributed by atoms with Crippen molar-refractivity contribution in [2.45, 2.75) is 39.2 Å². The number of aliphatic carboxylic acids is 1. The van der Waals surface area contributed by atoms with E-state index < -0.39 is 16.9 Å². The van der Waals surface area contributed by atoms with E-state index in [0.717, 1.165) is 22.3 Å². The Morgan fingerprint density at radius 3 is 2.37 bits per heavy atom. The van der Waals surface area contributed by atoms with Crippen molar-refractivity contribution >= 4 is 17.6 Å². The first-order valence-electron chi connectivity index (χ1n) is 8.55. The van der Waals surface area contributed by atoms with Crippen molar-refractivity contribution in [3.63, 3.8) is 0 Å². The van der Waals surface area contributed by atoms with Gasteiger partial charge in [0.15, 0.2) is 0 Å². The molecule has 2 aromatic rings. The minimum atomic E-state index is -1.02. The topological polar surface area (TPSA) is 110 Å². The summed E-state index contributed by atoms with van der Waals surface area (Å²) in [7, 11) is 0. The van der Waals surface area contributed by atoms with Crippen LogP contribution in [0, 0.1) is 24.0 Å². The van der Waals surface area contributed by atoms with E-state index in [1.165, 1.54) is 12.1 Å². The molecular weight excluding hydrogens is 348 g/mol. The second-order valence-electron chi connectivity index (χ2n) is 6.60. The third-order valence-electron chi connectivity index (χ3n) is 4.26. The van der Waals surface area contributed by atoms with Gasteiger partial charge in [-0.05, 0) is 37.0 Å². The zero-order chi connectivity index (χ0) is 20.0. The Morgan fingerprint density at radius 1 is 1.15 bits per heavy atom. The third kappa shape index (κ3) is 6.22. The van der Waals surface area contributed by atoms with Crippen LogP contribution in [0.3, 0.4) is 0 Å². The number of nitro benzene ring substituents is 1. The van der Waals surface area contributed by atoms with Crippen LogP contribution >= 0.6 is 0 Å². The maximum absolute atomic E-state index is 12.4. The molecule has 0 fully saturated rings. The van der Waals surface area contributed by atoms with E-state index in [9.17, 15) is 19.7 Å². The minimum Gasteiger partial charge on any atom is -0.481 e. The number of hydrogen-bond acceptors (Lipinski definition) is 4. The fourth-order valence-electron chi connectivity index (χ4n) is 2.92. The van der Waals surface area contributed by atoms with E-state index >= 15 is 0 Å². The summed E-state index contributed by atoms with van der Waals surface area (Å²) in [5, 5.41) is 22.6. The first-order valence-corrected chi connectivity index (χ1v) is 8.55. The number of carboxylic acid groups (broad SMARTS) is 1. The number of carbonyl (C=O) groups is 2. The van der Waals surface area contributed by atoms with Crippen molar-refractivity contribution < 1.29 is 19.6 Å². The van der Waals surface area contributed by atoms with E-state index in [4.69, 9.17) is 5.11 Å². The monoisotopic (exact) mass is 370 g/mol. The molecule has 0 aliphatic heterocycles. The van der Waals surface area contributed by atoms with E-state index in [2.05, 4.69) is 5.32 Å². The molecule has 1 amide bonds. The minimum absolute atomic E-state index is 0.0348. The van der Waals surface area contributed by atoms with Crippen LogP contribution < -0.4 is 5.32 Å². The Bertz CT molecular complexity index is 846. The zero-order valence-electron chi connectivity index (χ0n) is 15.3. The maximum atomic E-state index is 12.4. The van der Waals surface area contributed by atoms with Crippen LogP contribution in [0.2, 0.25) is 0 Å². The summed E-state index contributed by atoms with van der Waals surface area (Å²) in [6, 6.07) is 11.1. The predicted molar refractivity (Wildman–Crippen MR) is 101 cm³/mol. The van der Waals surface area contributed by atoms with Gasteiger partial charge in [-0.15, -0.1) is 0 Å². The summed E-state index contributed by atoms with van der Waals surface area (Å²) in [5.74, 6) is -1.27. The number of nitro groups is 1. The van der Waals surface area contributed by atoms with Crippen LogP contribution in [0.4, 0.5) is 5.69 Å². The van der Waals surface area contributed by atoms with Gasteiger partial charge in [0, 0.05) is 18.2 Å². The maximum Gasteiger partial charge on any atom is 0.305 e. The molecule has 0 heterocycles. The Balaban J connectivity index is 2.05. The largest absolute Gasteiger partial charge is 0.481 e. The quantitative estimate of drug-likeness (QED) is 0.548. The number of benzene rings is 2. The lowest BCUT2D eigenvalue weighted by molar-refractivity contribution is -0.384. The zero-order valence-corrected chi connectivity index (χ0v) is 15.3. The van der Waals surface area contributed by atoms with Crippen LogP contribution in [-0.2, 0) is 22.4 Å². The second-order valence-corrected chi connectivity index (χ2v) is 6.60. The molecule has 0 radical (unpaired) electrons. The van der Waals surface area contributed by atoms with Crippen LogP contribution in [0.1, 0.15) is 28.7 Å². The third-order valence-corrected chi connectivity index (χ3v) is 4.26. The van der Waals surface area contributed by atoms with Gasteiger partial charge in [-0.25, -0.2) is 0 Å². The number of carbonyl (C=O) groups excluding carboxylic acids is 1. The summed E-state index contributed by atoms with van der Waals surface area (Å²) in [5.41, 5.74) is 3.70. The molecule has 0 saturated carbocycles. The molecule has 0 bridgehead atoms. The van der Waals surface area contributed by atoms with Gasteiger partial charge in [-0.1, -0.05) is 35.9 Å². The van der Waals surface area contributed by atoms with Crippen molar-refractivity contribution in [1.82, 2.24) is 5.32 Å². The van der Waals surface area contributed by atoms with Crippen LogP contribution in [0.25, 0.3) is 0 Å². The van der Waals surface area contributed by atoms with Gasteiger partial charge in [-0.2, -0.15) is 0 Å². The SMILES string of the molecule is Cc1ccc(CC(=O)NC(CC(=O)O)Cc2ccc([N+](=O)[O-])cc2)c(C)c1. The van der Waals surface area contributed by atoms with Crippen molar-refractivity contribution in [2.75, 3.05) is 0 Å². The molecule has 0 aromatic heterocycles. The molecule has 0 spiro atoms. The van der Waals surface area contributed by atoms with Gasteiger partial charge in [-0.3, -0.25) is 19.7 Å². The highest BCUT2D eigenvalue weighted by molar-refractivity contribution is 5.80. The molecule has 2 rings (SSSR count). The number of aryl methyl sites for hydroxylation is 2. The predicted octanol–water partition coefficient (Wildman–Crippen LogP) is 2.96. The summed E-state index contributed by atoms with van der Waals surface area (Å²) in [6.45, 7) is 3.91. The summed E-state index contributed by atoms with van der Waals surface area (Å²) in [6.07, 6.45) is 0.223. The number of non-ortho nitro benzene ring substituents is 1. The van der Waals surface area contributed by atoms with Gasteiger partial charge in [0.2, 0.25) is 5.91 Å². The van der Waals surface area contributed by atoms with Gasteiger partial charge in [0.05, 0.1) is 17.8 Å². The number of nitrogens with zero attached hydrogens (tertiary/aromatic N) is 1. The lowest BCUT2D eigenvalue weighted by Crippen LogP contribution is -2.39. The lowest BCUT2D eigenvalue weighted by Gasteiger charge is -2.18. The number of amides is 1. The van der Waals surface area contributed by atoms with E-state index in [1.807, 2.05) is 32.0 Å². The first kappa shape index (κ1) is 20.1. The molecule has 27 heavy (non-hydrogen) atoms. The highest BCUT2D eigenvalue weighted by atomic mass is 16.6. The van der Waals surface area contributed by atoms with Gasteiger partial charge >= 0.3 is 5.97 Å². The average molecular weight is 370 g/mol. The first-order chi connectivity index (χ1) is 12.7. The standard InChI is InChI=1S/C20H22N2O5/c1-13-3-6-16(14(2)9-13)11-19(23)21-17(12-20(24)25)10-15-4-7-18(8-5-15)22(26)27/h3-9,17H,10-12H2,1-2H3,(H,21,23)(H,24,25). The Morgan fingerprint density at radius 2 is 1.81 bits per heavy atom. The molecule has 1 atom stereocenters. The number of nitrogens with one attached hydrogen (secondary N) is 1. The van der Waals surface area contributed by atoms with Crippen LogP contribution in [0.15, 0.2) is 42.5 Å². The van der Waals surface area contributed by atoms with Crippen LogP contribution in [0.5, 0.6) is 0 Å². The van der Waals surface area contributed by atoms with E-state index in [0.29, 0.717) is 0 Å². The number of hydrogen-bond donors (Lipinski definition) is 2. The summed E-state index contributed by atoms with van der Waals surface area (Å²) >= 11 is 0. The molecule has 7 nitrogen and oxygen atoms in total. The van der Waals surface area contributed by atoms with Gasteiger partial charge in [0.25, 0.3) is 5.69 Å². The average Bonchev–Trinajstić information content (AvgIpc) is 2.57. The fraction of sp³-hybridized carbons (Fsp3) is 0.300. The molecule has 0 aliphatic carbocycles. The van der Waals surface area contributed by atoms with E-state index in [1.54, 1.807) is 12.1 Å². The molecule has 0 saturated heterocycles. The Kier molecular flexibility index (Phi) is 6.65. The van der Waals surface area contributed by atoms with Crippen LogP contribution in [-0.4, -0.2) is 27.9 Å². The van der Waals surface area contributed by atoms with Crippen molar-refractivity contribution in [2.24, 2.45) is 0 Å². The van der Waals surface area contributed by atoms with Crippen molar-refractivity contribution in [3.05, 3.63) is 74.8 Å². The Hall–Kier alpha value is -3.22. The Labute approximate surface area is 157 Å². The number of carboxylic acids is 1. The molecule has 2 N–H and O–H groups in total. The fourth-order valence-corrected chi connectivity index (χ4v) is 2.92. The molecule has 0 aliphatic rings. The molecular formula is C20H22N2O5. The van der Waals surface area contributed by atoms with Crippen molar-refractivity contribution in [1.29, 1.82) is 0 Å². The lowest BCUT2D eigenvalue weighted by atomic mass is 10.0. The number of rotatable bonds is 8.